The molecule has 0 unspecified atom stereocenters. The fraction of sp³-hybridized carbons (Fsp3) is 0.211. The molecule has 2 N–H and O–H groups in total. The van der Waals surface area contributed by atoms with E-state index in [1.807, 2.05) is 19.1 Å². The van der Waals surface area contributed by atoms with Crippen LogP contribution in [0, 0.1) is 0 Å². The van der Waals surface area contributed by atoms with Crippen LogP contribution in [0.4, 0.5) is 18.9 Å². The maximum absolute atomic E-state index is 13.1. The number of nitrogens with one attached hydrogen (secondary N) is 2. The number of anilines is 1. The zero-order chi connectivity index (χ0) is 21.0. The van der Waals surface area contributed by atoms with Crippen LogP contribution in [0.5, 0.6) is 0 Å². The van der Waals surface area contributed by atoms with Crippen LogP contribution in [-0.2, 0) is 11.0 Å². The van der Waals surface area contributed by atoms with Crippen molar-refractivity contribution in [3.63, 3.8) is 0 Å². The van der Waals surface area contributed by atoms with E-state index in [4.69, 9.17) is 11.6 Å². The van der Waals surface area contributed by atoms with E-state index in [0.717, 1.165) is 17.7 Å². The summed E-state index contributed by atoms with van der Waals surface area (Å²) in [6, 6.07) is 10.0. The Morgan fingerprint density at radius 3 is 2.55 bits per heavy atom. The van der Waals surface area contributed by atoms with Crippen LogP contribution in [0.15, 0.2) is 55.1 Å². The summed E-state index contributed by atoms with van der Waals surface area (Å²) in [5, 5.41) is 10.1. The van der Waals surface area contributed by atoms with Crippen molar-refractivity contribution in [2.45, 2.75) is 19.1 Å². The molecule has 1 atom stereocenters. The summed E-state index contributed by atoms with van der Waals surface area (Å²) in [6.45, 7) is 1.76. The molecule has 1 amide bonds. The first-order valence-corrected chi connectivity index (χ1v) is 8.97. The average Bonchev–Trinajstić information content (AvgIpc) is 3.20. The molecule has 10 heteroatoms. The van der Waals surface area contributed by atoms with E-state index in [1.165, 1.54) is 23.4 Å². The molecule has 6 nitrogen and oxygen atoms in total. The zero-order valence-electron chi connectivity index (χ0n) is 15.2. The molecule has 2 aromatic carbocycles. The highest BCUT2D eigenvalue weighted by molar-refractivity contribution is 6.30. The minimum Gasteiger partial charge on any atom is -0.323 e. The molecule has 0 aliphatic carbocycles. The number of hydrogen-bond acceptors (Lipinski definition) is 4. The number of benzene rings is 2. The van der Waals surface area contributed by atoms with Gasteiger partial charge in [-0.1, -0.05) is 23.7 Å². The Morgan fingerprint density at radius 1 is 1.21 bits per heavy atom. The summed E-state index contributed by atoms with van der Waals surface area (Å²) < 4.78 is 40.5. The molecule has 0 saturated heterocycles. The lowest BCUT2D eigenvalue weighted by Gasteiger charge is -2.16. The first kappa shape index (κ1) is 20.8. The maximum atomic E-state index is 13.1. The standard InChI is InChI=1S/C19H17ClF3N5O/c1-12(13-2-5-15(20)6-3-13)25-9-18(29)27-16-8-14(19(21,22)23)4-7-17(16)28-11-24-10-26-28/h2-8,10-12,25H,9H2,1H3,(H,27,29)/t12-/m1/s1. The summed E-state index contributed by atoms with van der Waals surface area (Å²) in [4.78, 5) is 16.1. The van der Waals surface area contributed by atoms with E-state index in [2.05, 4.69) is 20.7 Å². The number of aromatic nitrogens is 3. The fourth-order valence-corrected chi connectivity index (χ4v) is 2.78. The Labute approximate surface area is 169 Å². The van der Waals surface area contributed by atoms with Crippen LogP contribution < -0.4 is 10.6 Å². The highest BCUT2D eigenvalue weighted by Gasteiger charge is 2.31. The van der Waals surface area contributed by atoms with E-state index in [9.17, 15) is 18.0 Å². The fourth-order valence-electron chi connectivity index (χ4n) is 2.65. The van der Waals surface area contributed by atoms with Gasteiger partial charge in [-0.15, -0.1) is 0 Å². The van der Waals surface area contributed by atoms with Crippen molar-refractivity contribution in [1.82, 2.24) is 20.1 Å². The van der Waals surface area contributed by atoms with E-state index in [-0.39, 0.29) is 24.0 Å². The Kier molecular flexibility index (Phi) is 6.19. The second kappa shape index (κ2) is 8.62. The van der Waals surface area contributed by atoms with Crippen molar-refractivity contribution in [2.75, 3.05) is 11.9 Å². The van der Waals surface area contributed by atoms with Gasteiger partial charge in [0.2, 0.25) is 5.91 Å². The topological polar surface area (TPSA) is 71.8 Å². The highest BCUT2D eigenvalue weighted by Crippen LogP contribution is 2.33. The molecule has 0 spiro atoms. The van der Waals surface area contributed by atoms with Crippen LogP contribution in [0.3, 0.4) is 0 Å². The molecule has 3 aromatic rings. The van der Waals surface area contributed by atoms with Gasteiger partial charge < -0.3 is 10.6 Å². The molecule has 0 aliphatic rings. The number of amides is 1. The van der Waals surface area contributed by atoms with Crippen molar-refractivity contribution in [2.24, 2.45) is 0 Å². The predicted octanol–water partition coefficient (Wildman–Crippen LogP) is 4.23. The molecule has 3 rings (SSSR count). The largest absolute Gasteiger partial charge is 0.416 e. The molecule has 0 radical (unpaired) electrons. The lowest BCUT2D eigenvalue weighted by Crippen LogP contribution is -2.30. The Balaban J connectivity index is 1.73. The molecular weight excluding hydrogens is 407 g/mol. The van der Waals surface area contributed by atoms with Gasteiger partial charge in [-0.05, 0) is 42.8 Å². The number of nitrogens with zero attached hydrogens (tertiary/aromatic N) is 3. The number of alkyl halides is 3. The molecule has 0 fully saturated rings. The second-order valence-corrected chi connectivity index (χ2v) is 6.71. The summed E-state index contributed by atoms with van der Waals surface area (Å²) in [7, 11) is 0. The van der Waals surface area contributed by atoms with Gasteiger partial charge in [-0.2, -0.15) is 18.3 Å². The van der Waals surface area contributed by atoms with Crippen molar-refractivity contribution in [3.8, 4) is 5.69 Å². The Bertz CT molecular complexity index is 975. The van der Waals surface area contributed by atoms with E-state index in [0.29, 0.717) is 5.02 Å². The molecule has 0 aliphatic heterocycles. The molecule has 0 saturated carbocycles. The third-order valence-electron chi connectivity index (χ3n) is 4.20. The van der Waals surface area contributed by atoms with Crippen LogP contribution >= 0.6 is 11.6 Å². The number of carbonyl (C=O) groups excluding carboxylic acids is 1. The van der Waals surface area contributed by atoms with Crippen LogP contribution in [-0.4, -0.2) is 27.2 Å². The molecule has 1 heterocycles. The minimum atomic E-state index is -4.54. The van der Waals surface area contributed by atoms with Gasteiger partial charge in [0, 0.05) is 11.1 Å². The highest BCUT2D eigenvalue weighted by atomic mass is 35.5. The van der Waals surface area contributed by atoms with Gasteiger partial charge in [0.15, 0.2) is 0 Å². The summed E-state index contributed by atoms with van der Waals surface area (Å²) in [5.74, 6) is -0.494. The molecule has 29 heavy (non-hydrogen) atoms. The summed E-state index contributed by atoms with van der Waals surface area (Å²) in [5.41, 5.74) is 0.301. The van der Waals surface area contributed by atoms with E-state index in [1.54, 1.807) is 12.1 Å². The third kappa shape index (κ3) is 5.33. The first-order valence-electron chi connectivity index (χ1n) is 8.59. The average molecular weight is 424 g/mol. The van der Waals surface area contributed by atoms with Gasteiger partial charge in [0.1, 0.15) is 12.7 Å². The van der Waals surface area contributed by atoms with Gasteiger partial charge in [0.05, 0.1) is 23.5 Å². The van der Waals surface area contributed by atoms with Crippen LogP contribution in [0.2, 0.25) is 5.02 Å². The number of hydrogen-bond donors (Lipinski definition) is 2. The third-order valence-corrected chi connectivity index (χ3v) is 4.45. The number of carbonyl (C=O) groups is 1. The normalized spacial score (nSPS) is 12.6. The van der Waals surface area contributed by atoms with Crippen LogP contribution in [0.25, 0.3) is 5.69 Å². The smallest absolute Gasteiger partial charge is 0.323 e. The van der Waals surface area contributed by atoms with Crippen molar-refractivity contribution in [3.05, 3.63) is 71.3 Å². The van der Waals surface area contributed by atoms with Crippen LogP contribution in [0.1, 0.15) is 24.1 Å². The van der Waals surface area contributed by atoms with E-state index >= 15 is 0 Å². The Hall–Kier alpha value is -2.91. The SMILES string of the molecule is C[C@@H](NCC(=O)Nc1cc(C(F)(F)F)ccc1-n1cncn1)c1ccc(Cl)cc1. The van der Waals surface area contributed by atoms with Gasteiger partial charge in [-0.3, -0.25) is 4.79 Å². The predicted molar refractivity (Wildman–Crippen MR) is 103 cm³/mol. The van der Waals surface area contributed by atoms with Gasteiger partial charge in [0.25, 0.3) is 0 Å². The Morgan fingerprint density at radius 2 is 1.93 bits per heavy atom. The first-order chi connectivity index (χ1) is 13.7. The zero-order valence-corrected chi connectivity index (χ0v) is 16.0. The molecule has 0 bridgehead atoms. The maximum Gasteiger partial charge on any atom is 0.416 e. The van der Waals surface area contributed by atoms with Gasteiger partial charge in [-0.25, -0.2) is 9.67 Å². The van der Waals surface area contributed by atoms with Crippen molar-refractivity contribution >= 4 is 23.2 Å². The lowest BCUT2D eigenvalue weighted by atomic mass is 10.1. The second-order valence-electron chi connectivity index (χ2n) is 6.27. The molecular formula is C19H17ClF3N5O. The van der Waals surface area contributed by atoms with E-state index < -0.39 is 17.6 Å². The quantitative estimate of drug-likeness (QED) is 0.622. The van der Waals surface area contributed by atoms with Crippen molar-refractivity contribution < 1.29 is 18.0 Å². The number of rotatable bonds is 6. The van der Waals surface area contributed by atoms with Gasteiger partial charge >= 0.3 is 6.18 Å². The molecule has 1 aromatic heterocycles. The lowest BCUT2D eigenvalue weighted by molar-refractivity contribution is -0.137. The molecule has 152 valence electrons. The monoisotopic (exact) mass is 423 g/mol. The summed E-state index contributed by atoms with van der Waals surface area (Å²) in [6.07, 6.45) is -1.96. The number of halogens is 4. The van der Waals surface area contributed by atoms with Crippen molar-refractivity contribution in [1.29, 1.82) is 0 Å². The minimum absolute atomic E-state index is 0.0173. The summed E-state index contributed by atoms with van der Waals surface area (Å²) >= 11 is 5.86.